The molecule has 1 saturated heterocycles. The van der Waals surface area contributed by atoms with Crippen LogP contribution in [0.2, 0.25) is 0 Å². The standard InChI is InChI=1S/C36H38N2O4S/c39-33(38-24-13-22-32(38)34(40)37-31(35(41)42)26-27-14-5-1-6-15-27)23-25-43-36(28-16-7-2-8-17-28,29-18-9-3-10-19-29)30-20-11-4-12-21-30/h1-12,14,16-21,27,31-32H,13,15,22-26H2,(H,37,40)(H,41,42)/t27?,31-,32-/m0/s1. The molecular formula is C36H38N2O4S. The summed E-state index contributed by atoms with van der Waals surface area (Å²) in [5, 5.41) is 12.5. The van der Waals surface area contributed by atoms with Crippen LogP contribution < -0.4 is 5.32 Å². The van der Waals surface area contributed by atoms with Crippen LogP contribution in [-0.2, 0) is 19.1 Å². The Balaban J connectivity index is 1.30. The van der Waals surface area contributed by atoms with Gasteiger partial charge in [-0.15, -0.1) is 11.8 Å². The van der Waals surface area contributed by atoms with Gasteiger partial charge in [0.1, 0.15) is 12.1 Å². The van der Waals surface area contributed by atoms with Gasteiger partial charge in [-0.2, -0.15) is 0 Å². The molecule has 3 atom stereocenters. The lowest BCUT2D eigenvalue weighted by Crippen LogP contribution is -2.51. The highest BCUT2D eigenvalue weighted by atomic mass is 32.2. The molecule has 2 aliphatic rings. The SMILES string of the molecule is O=C(O)[C@H](CC1C=CC=CC1)NC(=O)[C@@H]1CCCN1C(=O)CCSC(c1ccccc1)(c1ccccc1)c1ccccc1. The molecule has 2 N–H and O–H groups in total. The predicted molar refractivity (Wildman–Crippen MR) is 172 cm³/mol. The van der Waals surface area contributed by atoms with Crippen LogP contribution >= 0.6 is 11.8 Å². The predicted octanol–water partition coefficient (Wildman–Crippen LogP) is 6.18. The molecule has 0 saturated carbocycles. The third-order valence-corrected chi connectivity index (χ3v) is 9.82. The molecular weight excluding hydrogens is 556 g/mol. The lowest BCUT2D eigenvalue weighted by molar-refractivity contribution is -0.144. The van der Waals surface area contributed by atoms with Crippen molar-refractivity contribution in [2.75, 3.05) is 12.3 Å². The van der Waals surface area contributed by atoms with Gasteiger partial charge in [-0.1, -0.05) is 115 Å². The van der Waals surface area contributed by atoms with E-state index in [1.807, 2.05) is 78.9 Å². The zero-order valence-electron chi connectivity index (χ0n) is 24.2. The number of rotatable bonds is 12. The van der Waals surface area contributed by atoms with Gasteiger partial charge in [0.2, 0.25) is 11.8 Å². The molecule has 0 bridgehead atoms. The molecule has 3 aromatic rings. The average Bonchev–Trinajstić information content (AvgIpc) is 3.55. The average molecular weight is 595 g/mol. The van der Waals surface area contributed by atoms with Crippen molar-refractivity contribution in [3.8, 4) is 0 Å². The number of nitrogens with zero attached hydrogens (tertiary/aromatic N) is 1. The minimum Gasteiger partial charge on any atom is -0.480 e. The highest BCUT2D eigenvalue weighted by molar-refractivity contribution is 8.00. The van der Waals surface area contributed by atoms with Crippen molar-refractivity contribution < 1.29 is 19.5 Å². The fourth-order valence-corrected chi connectivity index (χ4v) is 7.63. The molecule has 0 aromatic heterocycles. The minimum absolute atomic E-state index is 0.0591. The summed E-state index contributed by atoms with van der Waals surface area (Å²) in [7, 11) is 0. The first-order valence-electron chi connectivity index (χ1n) is 15.0. The van der Waals surface area contributed by atoms with Gasteiger partial charge in [0, 0.05) is 18.7 Å². The first-order valence-corrected chi connectivity index (χ1v) is 15.9. The number of carbonyl (C=O) groups is 3. The van der Waals surface area contributed by atoms with Crippen LogP contribution in [0.3, 0.4) is 0 Å². The number of hydrogen-bond donors (Lipinski definition) is 2. The van der Waals surface area contributed by atoms with Gasteiger partial charge in [-0.3, -0.25) is 9.59 Å². The van der Waals surface area contributed by atoms with Crippen LogP contribution in [-0.4, -0.2) is 52.2 Å². The molecule has 2 amide bonds. The molecule has 5 rings (SSSR count). The number of aliphatic carboxylic acids is 1. The highest BCUT2D eigenvalue weighted by Crippen LogP contribution is 2.48. The van der Waals surface area contributed by atoms with Crippen LogP contribution in [0, 0.1) is 5.92 Å². The largest absolute Gasteiger partial charge is 0.480 e. The van der Waals surface area contributed by atoms with E-state index in [1.165, 1.54) is 0 Å². The molecule has 43 heavy (non-hydrogen) atoms. The van der Waals surface area contributed by atoms with Crippen molar-refractivity contribution >= 4 is 29.5 Å². The second-order valence-electron chi connectivity index (χ2n) is 11.1. The Bertz CT molecular complexity index is 1350. The van der Waals surface area contributed by atoms with E-state index in [0.717, 1.165) is 23.1 Å². The van der Waals surface area contributed by atoms with E-state index in [-0.39, 0.29) is 24.2 Å². The van der Waals surface area contributed by atoms with Crippen LogP contribution in [0.5, 0.6) is 0 Å². The quantitative estimate of drug-likeness (QED) is 0.245. The summed E-state index contributed by atoms with van der Waals surface area (Å²) in [6.45, 7) is 0.497. The number of carboxylic acids is 1. The van der Waals surface area contributed by atoms with Crippen molar-refractivity contribution in [1.82, 2.24) is 10.2 Å². The third-order valence-electron chi connectivity index (χ3n) is 8.27. The molecule has 222 valence electrons. The number of likely N-dealkylation sites (tertiary alicyclic amines) is 1. The van der Waals surface area contributed by atoms with E-state index >= 15 is 0 Å². The number of allylic oxidation sites excluding steroid dienone is 4. The Kier molecular flexibility index (Phi) is 10.2. The summed E-state index contributed by atoms with van der Waals surface area (Å²) < 4.78 is -0.524. The number of carbonyl (C=O) groups excluding carboxylic acids is 2. The van der Waals surface area contributed by atoms with Gasteiger partial charge in [0.15, 0.2) is 0 Å². The van der Waals surface area contributed by atoms with Crippen molar-refractivity contribution in [3.05, 3.63) is 132 Å². The molecule has 1 aliphatic carbocycles. The van der Waals surface area contributed by atoms with Gasteiger partial charge in [0.05, 0.1) is 4.75 Å². The second-order valence-corrected chi connectivity index (χ2v) is 12.4. The van der Waals surface area contributed by atoms with Gasteiger partial charge in [-0.05, 0) is 48.3 Å². The second kappa shape index (κ2) is 14.4. The highest BCUT2D eigenvalue weighted by Gasteiger charge is 2.39. The van der Waals surface area contributed by atoms with Crippen molar-refractivity contribution in [2.24, 2.45) is 5.92 Å². The summed E-state index contributed by atoms with van der Waals surface area (Å²) in [5.74, 6) is -0.915. The van der Waals surface area contributed by atoms with E-state index in [4.69, 9.17) is 0 Å². The molecule has 7 heteroatoms. The molecule has 0 radical (unpaired) electrons. The Morgan fingerprint density at radius 1 is 0.884 bits per heavy atom. The van der Waals surface area contributed by atoms with Crippen LogP contribution in [0.1, 0.15) is 48.8 Å². The number of nitrogens with one attached hydrogen (secondary N) is 1. The normalized spacial score (nSPS) is 18.7. The lowest BCUT2D eigenvalue weighted by Gasteiger charge is -2.35. The van der Waals surface area contributed by atoms with Gasteiger partial charge < -0.3 is 15.3 Å². The Labute approximate surface area is 257 Å². The van der Waals surface area contributed by atoms with Crippen molar-refractivity contribution in [1.29, 1.82) is 0 Å². The van der Waals surface area contributed by atoms with E-state index < -0.39 is 22.8 Å². The minimum atomic E-state index is -1.05. The summed E-state index contributed by atoms with van der Waals surface area (Å²) in [6, 6.07) is 29.4. The number of hydrogen-bond acceptors (Lipinski definition) is 4. The van der Waals surface area contributed by atoms with Crippen molar-refractivity contribution in [3.63, 3.8) is 0 Å². The summed E-state index contributed by atoms with van der Waals surface area (Å²) in [6.07, 6.45) is 10.4. The first kappa shape index (κ1) is 30.4. The summed E-state index contributed by atoms with van der Waals surface area (Å²) >= 11 is 1.72. The number of amides is 2. The van der Waals surface area contributed by atoms with Crippen LogP contribution in [0.4, 0.5) is 0 Å². The number of thioether (sulfide) groups is 1. The van der Waals surface area contributed by atoms with Crippen LogP contribution in [0.15, 0.2) is 115 Å². The van der Waals surface area contributed by atoms with Crippen molar-refractivity contribution in [2.45, 2.75) is 48.9 Å². The zero-order chi connectivity index (χ0) is 30.1. The lowest BCUT2D eigenvalue weighted by atomic mass is 9.84. The third kappa shape index (κ3) is 7.11. The molecule has 1 heterocycles. The monoisotopic (exact) mass is 594 g/mol. The first-order chi connectivity index (χ1) is 21.0. The Hall–Kier alpha value is -4.10. The van der Waals surface area contributed by atoms with Gasteiger partial charge in [0.25, 0.3) is 0 Å². The maximum absolute atomic E-state index is 13.6. The van der Waals surface area contributed by atoms with E-state index in [2.05, 4.69) is 41.7 Å². The van der Waals surface area contributed by atoms with Gasteiger partial charge >= 0.3 is 5.97 Å². The fraction of sp³-hybridized carbons (Fsp3) is 0.306. The van der Waals surface area contributed by atoms with Crippen LogP contribution in [0.25, 0.3) is 0 Å². The molecule has 6 nitrogen and oxygen atoms in total. The molecule has 3 aromatic carbocycles. The number of benzene rings is 3. The smallest absolute Gasteiger partial charge is 0.326 e. The molecule has 1 unspecified atom stereocenters. The molecule has 1 fully saturated rings. The molecule has 0 spiro atoms. The maximum atomic E-state index is 13.6. The Morgan fingerprint density at radius 2 is 1.47 bits per heavy atom. The van der Waals surface area contributed by atoms with E-state index in [9.17, 15) is 19.5 Å². The van der Waals surface area contributed by atoms with Gasteiger partial charge in [-0.25, -0.2) is 4.79 Å². The number of carboxylic acid groups (broad SMARTS) is 1. The maximum Gasteiger partial charge on any atom is 0.326 e. The topological polar surface area (TPSA) is 86.7 Å². The van der Waals surface area contributed by atoms with E-state index in [0.29, 0.717) is 31.6 Å². The molecule has 1 aliphatic heterocycles. The Morgan fingerprint density at radius 3 is 1.98 bits per heavy atom. The summed E-state index contributed by atoms with van der Waals surface area (Å²) in [4.78, 5) is 40.5. The fourth-order valence-electron chi connectivity index (χ4n) is 6.14. The van der Waals surface area contributed by atoms with E-state index in [1.54, 1.807) is 16.7 Å². The zero-order valence-corrected chi connectivity index (χ0v) is 25.0. The summed E-state index contributed by atoms with van der Waals surface area (Å²) in [5.41, 5.74) is 3.39.